The highest BCUT2D eigenvalue weighted by Gasteiger charge is 2.30. The summed E-state index contributed by atoms with van der Waals surface area (Å²) in [5.74, 6) is -2.06. The molecule has 264 valence electrons. The zero-order valence-electron chi connectivity index (χ0n) is 27.9. The summed E-state index contributed by atoms with van der Waals surface area (Å²) in [5.41, 5.74) is 12.2. The topological polar surface area (TPSA) is 207 Å². The van der Waals surface area contributed by atoms with Crippen molar-refractivity contribution in [2.45, 2.75) is 71.0 Å². The third-order valence-corrected chi connectivity index (χ3v) is 8.08. The summed E-state index contributed by atoms with van der Waals surface area (Å²) >= 11 is 12.3. The highest BCUT2D eigenvalue weighted by molar-refractivity contribution is 6.34. The minimum Gasteiger partial charge on any atom is -0.368 e. The Morgan fingerprint density at radius 2 is 1.63 bits per heavy atom. The number of carbonyl (C=O) groups is 5. The van der Waals surface area contributed by atoms with E-state index in [0.29, 0.717) is 34.4 Å². The molecule has 3 rings (SSSR count). The summed E-state index contributed by atoms with van der Waals surface area (Å²) in [7, 11) is 1.51. The number of benzene rings is 2. The minimum absolute atomic E-state index is 0.0867. The van der Waals surface area contributed by atoms with Crippen molar-refractivity contribution in [2.75, 3.05) is 13.6 Å². The minimum atomic E-state index is -1.09. The number of amides is 6. The number of aryl methyl sites for hydroxylation is 1. The lowest BCUT2D eigenvalue weighted by atomic mass is 9.98. The molecular formula is C33H43Cl2N9O5. The third kappa shape index (κ3) is 12.1. The molecule has 0 aliphatic carbocycles. The number of primary amides is 2. The first-order valence-electron chi connectivity index (χ1n) is 15.8. The van der Waals surface area contributed by atoms with Gasteiger partial charge in [-0.1, -0.05) is 67.4 Å². The molecule has 3 atom stereocenters. The second kappa shape index (κ2) is 18.2. The van der Waals surface area contributed by atoms with E-state index in [2.05, 4.69) is 26.0 Å². The van der Waals surface area contributed by atoms with E-state index in [0.717, 1.165) is 5.56 Å². The van der Waals surface area contributed by atoms with E-state index in [4.69, 9.17) is 34.7 Å². The Balaban J connectivity index is 1.78. The molecule has 49 heavy (non-hydrogen) atoms. The fourth-order valence-electron chi connectivity index (χ4n) is 5.26. The number of likely N-dealkylation sites (N-methyl/N-ethyl adjacent to an activating group) is 1. The maximum absolute atomic E-state index is 13.7. The average Bonchev–Trinajstić information content (AvgIpc) is 3.42. The van der Waals surface area contributed by atoms with Crippen LogP contribution in [-0.2, 0) is 20.8 Å². The molecule has 16 heteroatoms. The van der Waals surface area contributed by atoms with Gasteiger partial charge in [-0.25, -0.2) is 14.5 Å². The van der Waals surface area contributed by atoms with Gasteiger partial charge in [-0.15, -0.1) is 5.10 Å². The zero-order chi connectivity index (χ0) is 36.2. The molecule has 2 aromatic carbocycles. The Kier molecular flexibility index (Phi) is 14.4. The Morgan fingerprint density at radius 1 is 0.980 bits per heavy atom. The molecule has 0 aliphatic rings. The summed E-state index contributed by atoms with van der Waals surface area (Å²) in [6, 6.07) is 10.6. The van der Waals surface area contributed by atoms with Crippen molar-refractivity contribution in [3.8, 4) is 5.69 Å². The van der Waals surface area contributed by atoms with Gasteiger partial charge < -0.3 is 32.3 Å². The van der Waals surface area contributed by atoms with Gasteiger partial charge in [0.1, 0.15) is 17.9 Å². The summed E-state index contributed by atoms with van der Waals surface area (Å²) in [4.78, 5) is 69.7. The maximum atomic E-state index is 13.7. The van der Waals surface area contributed by atoms with Crippen LogP contribution in [0.15, 0.2) is 48.5 Å². The van der Waals surface area contributed by atoms with Gasteiger partial charge in [-0.2, -0.15) is 0 Å². The Labute approximate surface area is 295 Å². The third-order valence-electron chi connectivity index (χ3n) is 7.64. The van der Waals surface area contributed by atoms with Crippen LogP contribution < -0.4 is 27.4 Å². The number of urea groups is 1. The quantitative estimate of drug-likeness (QED) is 0.132. The smallest absolute Gasteiger partial charge is 0.312 e. The lowest BCUT2D eigenvalue weighted by Crippen LogP contribution is -2.52. The molecule has 0 aliphatic heterocycles. The van der Waals surface area contributed by atoms with E-state index in [1.165, 1.54) is 16.6 Å². The van der Waals surface area contributed by atoms with Gasteiger partial charge in [0.2, 0.25) is 23.5 Å². The monoisotopic (exact) mass is 715 g/mol. The first-order valence-corrected chi connectivity index (χ1v) is 16.5. The number of aromatic nitrogens is 3. The highest BCUT2D eigenvalue weighted by atomic mass is 35.5. The van der Waals surface area contributed by atoms with Gasteiger partial charge in [0.05, 0.1) is 5.69 Å². The van der Waals surface area contributed by atoms with Crippen LogP contribution in [0.1, 0.15) is 61.5 Å². The number of nitrogens with two attached hydrogens (primary N) is 2. The van der Waals surface area contributed by atoms with E-state index >= 15 is 0 Å². The standard InChI is InChI=1S/C33H43Cl2N9O5/c1-19(2)13-24(18-28(45)43(4)27(29(36)46)14-21-9-6-5-7-10-21)40-31(47)26(11-8-12-38-33(37)49)41-32(48)30-39-20(3)44(42-30)25-16-22(34)15-23(35)17-25/h5-7,9-10,15-17,19,24,26-27H,8,11-14,18H2,1-4H3,(H2,36,46)(H,40,47)(H,41,48)(H3,37,38,49)/t24-,26-,27-/m0/s1. The zero-order valence-corrected chi connectivity index (χ0v) is 29.4. The molecule has 1 aromatic heterocycles. The second-order valence-electron chi connectivity index (χ2n) is 12.1. The Hall–Kier alpha value is -4.69. The predicted molar refractivity (Wildman–Crippen MR) is 186 cm³/mol. The number of nitrogens with one attached hydrogen (secondary N) is 3. The summed E-state index contributed by atoms with van der Waals surface area (Å²) in [5, 5.41) is 13.1. The van der Waals surface area contributed by atoms with Crippen molar-refractivity contribution in [1.82, 2.24) is 35.6 Å². The van der Waals surface area contributed by atoms with Gasteiger partial charge >= 0.3 is 6.03 Å². The Morgan fingerprint density at radius 3 is 2.22 bits per heavy atom. The number of nitrogens with zero attached hydrogens (tertiary/aromatic N) is 4. The van der Waals surface area contributed by atoms with E-state index in [-0.39, 0.29) is 43.5 Å². The average molecular weight is 717 g/mol. The largest absolute Gasteiger partial charge is 0.368 e. The van der Waals surface area contributed by atoms with Gasteiger partial charge in [-0.3, -0.25) is 19.2 Å². The molecule has 0 radical (unpaired) electrons. The lowest BCUT2D eigenvalue weighted by molar-refractivity contribution is -0.138. The Bertz CT molecular complexity index is 1610. The highest BCUT2D eigenvalue weighted by Crippen LogP contribution is 2.22. The van der Waals surface area contributed by atoms with Crippen molar-refractivity contribution in [3.05, 3.63) is 75.8 Å². The van der Waals surface area contributed by atoms with Crippen LogP contribution in [0.5, 0.6) is 0 Å². The van der Waals surface area contributed by atoms with Gasteiger partial charge in [0, 0.05) is 42.5 Å². The van der Waals surface area contributed by atoms with Crippen molar-refractivity contribution >= 4 is 52.9 Å². The van der Waals surface area contributed by atoms with Crippen molar-refractivity contribution in [3.63, 3.8) is 0 Å². The number of hydrogen-bond acceptors (Lipinski definition) is 7. The van der Waals surface area contributed by atoms with Crippen LogP contribution in [0.2, 0.25) is 10.0 Å². The van der Waals surface area contributed by atoms with Crippen LogP contribution in [0.25, 0.3) is 5.69 Å². The summed E-state index contributed by atoms with van der Waals surface area (Å²) in [6.45, 7) is 5.69. The van der Waals surface area contributed by atoms with E-state index < -0.39 is 41.9 Å². The van der Waals surface area contributed by atoms with Crippen LogP contribution >= 0.6 is 23.2 Å². The summed E-state index contributed by atoms with van der Waals surface area (Å²) < 4.78 is 1.40. The van der Waals surface area contributed by atoms with Crippen molar-refractivity contribution in [1.29, 1.82) is 0 Å². The van der Waals surface area contributed by atoms with Crippen molar-refractivity contribution < 1.29 is 24.0 Å². The molecule has 3 aromatic rings. The van der Waals surface area contributed by atoms with Crippen LogP contribution in [-0.4, -0.2) is 81.0 Å². The lowest BCUT2D eigenvalue weighted by Gasteiger charge is -2.29. The maximum Gasteiger partial charge on any atom is 0.312 e. The van der Waals surface area contributed by atoms with Gasteiger partial charge in [0.25, 0.3) is 5.91 Å². The molecule has 7 N–H and O–H groups in total. The first kappa shape index (κ1) is 38.8. The molecule has 0 saturated heterocycles. The first-order chi connectivity index (χ1) is 23.1. The van der Waals surface area contributed by atoms with Crippen LogP contribution in [0, 0.1) is 12.8 Å². The van der Waals surface area contributed by atoms with Gasteiger partial charge in [-0.05, 0) is 55.9 Å². The SMILES string of the molecule is Cc1nc(C(=O)N[C@@H](CCCNC(N)=O)C(=O)N[C@H](CC(=O)N(C)[C@@H](Cc2ccccc2)C(N)=O)CC(C)C)nn1-c1cc(Cl)cc(Cl)c1. The molecule has 0 bridgehead atoms. The molecule has 6 amide bonds. The van der Waals surface area contributed by atoms with E-state index in [1.54, 1.807) is 25.1 Å². The predicted octanol–water partition coefficient (Wildman–Crippen LogP) is 2.91. The molecule has 1 heterocycles. The summed E-state index contributed by atoms with van der Waals surface area (Å²) in [6.07, 6.45) is 0.962. The molecule has 0 spiro atoms. The van der Waals surface area contributed by atoms with Gasteiger partial charge in [0.15, 0.2) is 0 Å². The molecule has 14 nitrogen and oxygen atoms in total. The second-order valence-corrected chi connectivity index (χ2v) is 13.0. The molecule has 0 unspecified atom stereocenters. The number of rotatable bonds is 17. The van der Waals surface area contributed by atoms with Crippen LogP contribution in [0.3, 0.4) is 0 Å². The molecular weight excluding hydrogens is 673 g/mol. The number of carbonyl (C=O) groups excluding carboxylic acids is 5. The van der Waals surface area contributed by atoms with E-state index in [1.807, 2.05) is 44.2 Å². The molecule has 0 saturated carbocycles. The fraction of sp³-hybridized carbons (Fsp3) is 0.424. The number of halogens is 2. The normalized spacial score (nSPS) is 12.9. The fourth-order valence-corrected chi connectivity index (χ4v) is 5.77. The van der Waals surface area contributed by atoms with Crippen LogP contribution in [0.4, 0.5) is 4.79 Å². The molecule has 0 fully saturated rings. The number of hydrogen-bond donors (Lipinski definition) is 5. The van der Waals surface area contributed by atoms with Crippen molar-refractivity contribution in [2.24, 2.45) is 17.4 Å². The van der Waals surface area contributed by atoms with E-state index in [9.17, 15) is 24.0 Å².